The summed E-state index contributed by atoms with van der Waals surface area (Å²) in [6.07, 6.45) is 0.967. The quantitative estimate of drug-likeness (QED) is 0.907. The summed E-state index contributed by atoms with van der Waals surface area (Å²) in [6, 6.07) is 8.19. The monoisotopic (exact) mass is 309 g/mol. The Morgan fingerprint density at radius 2 is 2.05 bits per heavy atom. The zero-order valence-electron chi connectivity index (χ0n) is 12.8. The maximum atomic E-state index is 11.9. The molecule has 1 amide bonds. The van der Waals surface area contributed by atoms with Gasteiger partial charge in [-0.3, -0.25) is 9.69 Å². The minimum Gasteiger partial charge on any atom is -0.369 e. The number of carbonyl (C=O) groups excluding carboxylic acids is 1. The number of nitrogens with zero attached hydrogens (tertiary/aromatic N) is 2. The van der Waals surface area contributed by atoms with Crippen LogP contribution in [0.5, 0.6) is 0 Å². The number of anilines is 1. The largest absolute Gasteiger partial charge is 0.369 e. The molecule has 0 unspecified atom stereocenters. The van der Waals surface area contributed by atoms with Crippen LogP contribution in [0.3, 0.4) is 0 Å². The molecule has 0 bridgehead atoms. The molecule has 1 N–H and O–H groups in total. The molecule has 21 heavy (non-hydrogen) atoms. The van der Waals surface area contributed by atoms with Gasteiger partial charge in [0.2, 0.25) is 5.91 Å². The molecule has 1 aliphatic rings. The second-order valence-electron chi connectivity index (χ2n) is 5.62. The van der Waals surface area contributed by atoms with E-state index >= 15 is 0 Å². The van der Waals surface area contributed by atoms with Crippen LogP contribution in [0.15, 0.2) is 24.3 Å². The highest BCUT2D eigenvalue weighted by atomic mass is 35.5. The summed E-state index contributed by atoms with van der Waals surface area (Å²) in [4.78, 5) is 16.4. The van der Waals surface area contributed by atoms with Crippen molar-refractivity contribution in [2.45, 2.75) is 26.3 Å². The van der Waals surface area contributed by atoms with Crippen LogP contribution in [0.1, 0.15) is 20.3 Å². The Bertz CT molecular complexity index is 472. The number of piperazine rings is 1. The number of halogens is 1. The third-order valence-corrected chi connectivity index (χ3v) is 4.17. The lowest BCUT2D eigenvalue weighted by molar-refractivity contribution is -0.122. The molecule has 1 fully saturated rings. The minimum atomic E-state index is 0.126. The minimum absolute atomic E-state index is 0.126. The first-order valence-electron chi connectivity index (χ1n) is 7.60. The van der Waals surface area contributed by atoms with Crippen LogP contribution in [-0.4, -0.2) is 49.6 Å². The Morgan fingerprint density at radius 1 is 1.33 bits per heavy atom. The normalized spacial score (nSPS) is 17.6. The summed E-state index contributed by atoms with van der Waals surface area (Å²) in [5.74, 6) is 0.126. The first-order chi connectivity index (χ1) is 10.1. The summed E-state index contributed by atoms with van der Waals surface area (Å²) < 4.78 is 0. The van der Waals surface area contributed by atoms with Gasteiger partial charge in [0, 0.05) is 42.9 Å². The third-order valence-electron chi connectivity index (χ3n) is 3.93. The van der Waals surface area contributed by atoms with Crippen molar-refractivity contribution in [3.63, 3.8) is 0 Å². The fourth-order valence-electron chi connectivity index (χ4n) is 2.46. The Balaban J connectivity index is 1.79. The average Bonchev–Trinajstić information content (AvgIpc) is 2.47. The molecule has 116 valence electrons. The van der Waals surface area contributed by atoms with E-state index in [4.69, 9.17) is 11.6 Å². The molecule has 0 saturated carbocycles. The maximum Gasteiger partial charge on any atom is 0.234 e. The van der Waals surface area contributed by atoms with E-state index < -0.39 is 0 Å². The molecule has 1 saturated heterocycles. The number of hydrogen-bond donors (Lipinski definition) is 1. The Hall–Kier alpha value is -1.26. The van der Waals surface area contributed by atoms with Gasteiger partial charge in [-0.1, -0.05) is 24.6 Å². The van der Waals surface area contributed by atoms with Crippen LogP contribution in [0.25, 0.3) is 0 Å². The fraction of sp³-hybridized carbons (Fsp3) is 0.562. The second-order valence-corrected chi connectivity index (χ2v) is 6.06. The Morgan fingerprint density at radius 3 is 2.67 bits per heavy atom. The maximum absolute atomic E-state index is 11.9. The molecule has 1 aliphatic heterocycles. The molecule has 1 aromatic carbocycles. The molecular formula is C16H24ClN3O. The van der Waals surface area contributed by atoms with Crippen molar-refractivity contribution >= 4 is 23.2 Å². The Labute approximate surface area is 132 Å². The van der Waals surface area contributed by atoms with Crippen LogP contribution >= 0.6 is 11.6 Å². The van der Waals surface area contributed by atoms with E-state index in [0.717, 1.165) is 43.3 Å². The van der Waals surface area contributed by atoms with Gasteiger partial charge in [0.05, 0.1) is 6.54 Å². The van der Waals surface area contributed by atoms with E-state index in [1.165, 1.54) is 0 Å². The molecular weight excluding hydrogens is 286 g/mol. The van der Waals surface area contributed by atoms with E-state index in [9.17, 15) is 4.79 Å². The molecule has 1 heterocycles. The van der Waals surface area contributed by atoms with Gasteiger partial charge in [-0.05, 0) is 31.5 Å². The molecule has 0 aliphatic carbocycles. The molecule has 0 spiro atoms. The zero-order chi connectivity index (χ0) is 15.2. The van der Waals surface area contributed by atoms with Crippen molar-refractivity contribution < 1.29 is 4.79 Å². The van der Waals surface area contributed by atoms with E-state index in [2.05, 4.69) is 28.1 Å². The van der Waals surface area contributed by atoms with Crippen LogP contribution in [0, 0.1) is 0 Å². The zero-order valence-corrected chi connectivity index (χ0v) is 13.6. The van der Waals surface area contributed by atoms with Gasteiger partial charge in [0.15, 0.2) is 0 Å². The summed E-state index contributed by atoms with van der Waals surface area (Å²) in [5, 5.41) is 3.78. The molecule has 1 aromatic rings. The highest BCUT2D eigenvalue weighted by Crippen LogP contribution is 2.20. The smallest absolute Gasteiger partial charge is 0.234 e. The standard InChI is InChI=1S/C16H24ClN3O/c1-3-13(2)18-16(21)12-19-7-9-20(10-8-19)15-6-4-5-14(17)11-15/h4-6,11,13H,3,7-10,12H2,1-2H3,(H,18,21)/t13-/m1/s1. The van der Waals surface area contributed by atoms with Crippen LogP contribution < -0.4 is 10.2 Å². The highest BCUT2D eigenvalue weighted by Gasteiger charge is 2.19. The van der Waals surface area contributed by atoms with E-state index in [1.807, 2.05) is 25.1 Å². The highest BCUT2D eigenvalue weighted by molar-refractivity contribution is 6.30. The molecule has 5 heteroatoms. The van der Waals surface area contributed by atoms with Gasteiger partial charge >= 0.3 is 0 Å². The topological polar surface area (TPSA) is 35.6 Å². The first-order valence-corrected chi connectivity index (χ1v) is 7.98. The van der Waals surface area contributed by atoms with Crippen molar-refractivity contribution in [1.29, 1.82) is 0 Å². The van der Waals surface area contributed by atoms with Gasteiger partial charge in [0.1, 0.15) is 0 Å². The number of hydrogen-bond acceptors (Lipinski definition) is 3. The lowest BCUT2D eigenvalue weighted by atomic mass is 10.2. The predicted octanol–water partition coefficient (Wildman–Crippen LogP) is 2.38. The van der Waals surface area contributed by atoms with E-state index in [0.29, 0.717) is 6.54 Å². The summed E-state index contributed by atoms with van der Waals surface area (Å²) >= 11 is 6.03. The number of rotatable bonds is 5. The first kappa shape index (κ1) is 16.1. The van der Waals surface area contributed by atoms with Crippen molar-refractivity contribution in [1.82, 2.24) is 10.2 Å². The van der Waals surface area contributed by atoms with Crippen molar-refractivity contribution in [2.24, 2.45) is 0 Å². The van der Waals surface area contributed by atoms with Gasteiger partial charge in [0.25, 0.3) is 0 Å². The SMILES string of the molecule is CC[C@@H](C)NC(=O)CN1CCN(c2cccc(Cl)c2)CC1. The van der Waals surface area contributed by atoms with E-state index in [-0.39, 0.29) is 11.9 Å². The Kier molecular flexibility index (Phi) is 5.88. The molecule has 0 aromatic heterocycles. The van der Waals surface area contributed by atoms with E-state index in [1.54, 1.807) is 0 Å². The third kappa shape index (κ3) is 4.90. The average molecular weight is 310 g/mol. The predicted molar refractivity (Wildman–Crippen MR) is 88.0 cm³/mol. The van der Waals surface area contributed by atoms with Crippen molar-refractivity contribution in [3.8, 4) is 0 Å². The summed E-state index contributed by atoms with van der Waals surface area (Å²) in [7, 11) is 0. The van der Waals surface area contributed by atoms with Crippen LogP contribution in [0.4, 0.5) is 5.69 Å². The van der Waals surface area contributed by atoms with Gasteiger partial charge < -0.3 is 10.2 Å². The summed E-state index contributed by atoms with van der Waals surface area (Å²) in [5.41, 5.74) is 1.16. The van der Waals surface area contributed by atoms with Gasteiger partial charge in [-0.15, -0.1) is 0 Å². The van der Waals surface area contributed by atoms with Crippen LogP contribution in [-0.2, 0) is 4.79 Å². The second kappa shape index (κ2) is 7.66. The number of amides is 1. The van der Waals surface area contributed by atoms with Crippen molar-refractivity contribution in [3.05, 3.63) is 29.3 Å². The lowest BCUT2D eigenvalue weighted by Crippen LogP contribution is -2.50. The van der Waals surface area contributed by atoms with Crippen molar-refractivity contribution in [2.75, 3.05) is 37.6 Å². The lowest BCUT2D eigenvalue weighted by Gasteiger charge is -2.35. The number of benzene rings is 1. The fourth-order valence-corrected chi connectivity index (χ4v) is 2.65. The number of carbonyl (C=O) groups is 1. The molecule has 2 rings (SSSR count). The number of nitrogens with one attached hydrogen (secondary N) is 1. The van der Waals surface area contributed by atoms with Gasteiger partial charge in [-0.25, -0.2) is 0 Å². The van der Waals surface area contributed by atoms with Crippen LogP contribution in [0.2, 0.25) is 5.02 Å². The summed E-state index contributed by atoms with van der Waals surface area (Å²) in [6.45, 7) is 8.27. The molecule has 1 atom stereocenters. The molecule has 4 nitrogen and oxygen atoms in total. The molecule has 0 radical (unpaired) electrons. The van der Waals surface area contributed by atoms with Gasteiger partial charge in [-0.2, -0.15) is 0 Å².